The topological polar surface area (TPSA) is 38.7 Å². The fraction of sp³-hybridized carbons (Fsp3) is 0.163. The van der Waals surface area contributed by atoms with E-state index in [-0.39, 0.29) is 22.9 Å². The molecular weight excluding hydrogens is 1380 g/mol. The molecule has 0 aliphatic heterocycles. The van der Waals surface area contributed by atoms with Gasteiger partial charge in [-0.2, -0.15) is 0 Å². The number of hydrogen-bond acceptors (Lipinski definition) is 3. The van der Waals surface area contributed by atoms with E-state index in [1.165, 1.54) is 119 Å². The van der Waals surface area contributed by atoms with E-state index in [1.807, 2.05) is 160 Å². The third-order valence-electron chi connectivity index (χ3n) is 18.0. The number of nitrogens with zero attached hydrogens (tertiary/aromatic N) is 3. The second-order valence-corrected chi connectivity index (χ2v) is 34.8. The number of pyridine rings is 3. The van der Waals surface area contributed by atoms with Crippen LogP contribution in [0.2, 0.25) is 19.6 Å². The highest BCUT2D eigenvalue weighted by Crippen LogP contribution is 2.27. The molecule has 0 spiro atoms. The van der Waals surface area contributed by atoms with Crippen LogP contribution in [0.5, 0.6) is 0 Å². The maximum absolute atomic E-state index is 13.4. The largest absolute Gasteiger partial charge is 0.265 e. The molecule has 15 aromatic rings. The summed E-state index contributed by atoms with van der Waals surface area (Å²) in [5.74, 6) is -0.555. The number of halogens is 3. The Kier molecular flexibility index (Phi) is 34.6. The van der Waals surface area contributed by atoms with Crippen molar-refractivity contribution in [2.75, 3.05) is 0 Å². The summed E-state index contributed by atoms with van der Waals surface area (Å²) in [7, 11) is -1.06. The molecule has 3 heterocycles. The molecule has 111 heavy (non-hydrogen) atoms. The van der Waals surface area contributed by atoms with Crippen molar-refractivity contribution >= 4 is 13.3 Å². The van der Waals surface area contributed by atoms with Gasteiger partial charge in [-0.3, -0.25) is 15.0 Å². The normalized spacial score (nSPS) is 10.3. The van der Waals surface area contributed by atoms with Gasteiger partial charge in [0.1, 0.15) is 17.5 Å². The second-order valence-electron chi connectivity index (χ2n) is 29.7. The molecule has 12 aromatic carbocycles. The van der Waals surface area contributed by atoms with E-state index in [0.717, 1.165) is 27.8 Å². The molecule has 0 amide bonds. The molecule has 0 atom stereocenters. The lowest BCUT2D eigenvalue weighted by Gasteiger charge is -2.18. The monoisotopic (exact) mass is 1480 g/mol. The first-order valence-corrected chi connectivity index (χ1v) is 41.2. The number of aromatic nitrogens is 3. The molecule has 0 radical (unpaired) electrons. The molecule has 15 rings (SSSR count). The molecular formula is C104H108F3N3Si. The van der Waals surface area contributed by atoms with E-state index in [4.69, 9.17) is 0 Å². The van der Waals surface area contributed by atoms with Crippen molar-refractivity contribution < 1.29 is 13.2 Å². The smallest absolute Gasteiger partial charge is 0.131 e. The van der Waals surface area contributed by atoms with Crippen molar-refractivity contribution in [3.63, 3.8) is 0 Å². The van der Waals surface area contributed by atoms with Gasteiger partial charge in [0.2, 0.25) is 0 Å². The zero-order valence-corrected chi connectivity index (χ0v) is 68.6. The zero-order valence-electron chi connectivity index (χ0n) is 67.6. The minimum atomic E-state index is -1.06. The molecule has 0 N–H and O–H groups in total. The SMILES string of the molecule is Cc1ccc(-c2ccc(F)cc2)cc1.Cc1ccc(-c2cccc(F)c2)cc1.Cc1ccc(-c2ccccc2F)cc1.Cc1ccc(-c2ccncc2)cc1.Cc1ccc(C(C)(C)C)cc1.Cc1ccc(C)cc1.Cc1ccc([Si](C)(C)C)cc1.Cc1cccc(-c2ccncc2)c1.Cc1ccccc1-c1ccncc1. The first-order chi connectivity index (χ1) is 53.2. The molecule has 0 bridgehead atoms. The van der Waals surface area contributed by atoms with Crippen molar-refractivity contribution in [3.05, 3.63) is 443 Å². The van der Waals surface area contributed by atoms with Gasteiger partial charge in [0.05, 0.1) is 8.07 Å². The predicted molar refractivity (Wildman–Crippen MR) is 473 cm³/mol. The molecule has 3 nitrogen and oxygen atoms in total. The summed E-state index contributed by atoms with van der Waals surface area (Å²) in [4.78, 5) is 12.0. The maximum Gasteiger partial charge on any atom is 0.131 e. The highest BCUT2D eigenvalue weighted by atomic mass is 28.3. The van der Waals surface area contributed by atoms with Gasteiger partial charge in [-0.1, -0.05) is 357 Å². The summed E-state index contributed by atoms with van der Waals surface area (Å²) in [6.45, 7) is 34.7. The van der Waals surface area contributed by atoms with E-state index in [1.54, 1.807) is 41.6 Å². The number of aryl methyl sites for hydroxylation is 10. The number of benzene rings is 12. The van der Waals surface area contributed by atoms with Crippen LogP contribution in [-0.2, 0) is 5.41 Å². The van der Waals surface area contributed by atoms with Crippen molar-refractivity contribution in [1.29, 1.82) is 0 Å². The van der Waals surface area contributed by atoms with E-state index in [2.05, 4.69) is 268 Å². The van der Waals surface area contributed by atoms with Crippen LogP contribution in [0.3, 0.4) is 0 Å². The van der Waals surface area contributed by atoms with Crippen LogP contribution < -0.4 is 5.19 Å². The van der Waals surface area contributed by atoms with Gasteiger partial charge in [0, 0.05) is 42.7 Å². The Morgan fingerprint density at radius 2 is 0.532 bits per heavy atom. The van der Waals surface area contributed by atoms with E-state index in [9.17, 15) is 13.2 Å². The standard InChI is InChI=1S/3C13H11F.3C12H11N.C11H16.C10H16Si.C8H10/c1-10-2-4-11(5-3-10)12-6-8-13(14)9-7-12;1-10-5-7-11(8-6-10)12-3-2-4-13(14)9-12;1-10-6-8-11(9-7-10)12-4-2-3-5-13(12)14;1-10-2-4-11(5-3-10)12-6-8-13-9-7-12;1-10-3-2-4-12(9-10)11-5-7-13-8-6-11;1-10-4-2-3-5-12(10)11-6-8-13-9-7-11;2*1-9-5-7-10(8-6-9)11(2,3)4;1-7-3-5-8(2)6-4-7/h3*2-9H,1H3;3*2-9H,1H3;2*5-8H,1-4H3;3-6H,1-2H3. The number of hydrogen-bond donors (Lipinski definition) is 0. The first-order valence-electron chi connectivity index (χ1n) is 37.7. The Morgan fingerprint density at radius 1 is 0.234 bits per heavy atom. The van der Waals surface area contributed by atoms with E-state index in [0.29, 0.717) is 5.56 Å². The lowest BCUT2D eigenvalue weighted by atomic mass is 9.87. The van der Waals surface area contributed by atoms with Crippen LogP contribution in [0.4, 0.5) is 13.2 Å². The van der Waals surface area contributed by atoms with Gasteiger partial charge in [0.25, 0.3) is 0 Å². The Morgan fingerprint density at radius 3 is 0.910 bits per heavy atom. The Bertz CT molecular complexity index is 5000. The van der Waals surface area contributed by atoms with Gasteiger partial charge in [-0.05, 0) is 214 Å². The summed E-state index contributed by atoms with van der Waals surface area (Å²) in [5, 5.41) is 1.54. The minimum Gasteiger partial charge on any atom is -0.265 e. The van der Waals surface area contributed by atoms with Crippen molar-refractivity contribution in [2.45, 2.75) is 115 Å². The predicted octanol–water partition coefficient (Wildman–Crippen LogP) is 28.7. The van der Waals surface area contributed by atoms with Crippen LogP contribution >= 0.6 is 0 Å². The highest BCUT2D eigenvalue weighted by Gasteiger charge is 2.15. The van der Waals surface area contributed by atoms with Crippen LogP contribution in [-0.4, -0.2) is 23.0 Å². The molecule has 0 saturated heterocycles. The summed E-state index contributed by atoms with van der Waals surface area (Å²) in [6.07, 6.45) is 10.9. The maximum atomic E-state index is 13.4. The third kappa shape index (κ3) is 31.3. The molecule has 0 saturated carbocycles. The van der Waals surface area contributed by atoms with Crippen LogP contribution in [0, 0.1) is 86.7 Å². The Hall–Kier alpha value is -11.9. The molecule has 564 valence electrons. The van der Waals surface area contributed by atoms with Crippen LogP contribution in [0.1, 0.15) is 82.0 Å². The Balaban J connectivity index is 0.000000174. The molecule has 0 aliphatic carbocycles. The van der Waals surface area contributed by atoms with Gasteiger partial charge in [0.15, 0.2) is 0 Å². The van der Waals surface area contributed by atoms with Gasteiger partial charge in [-0.25, -0.2) is 13.2 Å². The fourth-order valence-corrected chi connectivity index (χ4v) is 12.2. The summed E-state index contributed by atoms with van der Waals surface area (Å²) < 4.78 is 39.0. The highest BCUT2D eigenvalue weighted by molar-refractivity contribution is 6.88. The van der Waals surface area contributed by atoms with Crippen LogP contribution in [0.15, 0.2) is 365 Å². The first kappa shape index (κ1) is 86.3. The molecule has 0 unspecified atom stereocenters. The zero-order chi connectivity index (χ0) is 80.1. The van der Waals surface area contributed by atoms with E-state index >= 15 is 0 Å². The Labute approximate surface area is 662 Å². The van der Waals surface area contributed by atoms with Gasteiger partial charge < -0.3 is 0 Å². The lowest BCUT2D eigenvalue weighted by Crippen LogP contribution is -2.37. The van der Waals surface area contributed by atoms with Crippen molar-refractivity contribution in [2.24, 2.45) is 0 Å². The van der Waals surface area contributed by atoms with Crippen molar-refractivity contribution in [3.8, 4) is 66.8 Å². The number of rotatable bonds is 7. The minimum absolute atomic E-state index is 0.170. The lowest BCUT2D eigenvalue weighted by molar-refractivity contribution is 0.590. The summed E-state index contributed by atoms with van der Waals surface area (Å²) in [6, 6.07) is 108. The van der Waals surface area contributed by atoms with Crippen molar-refractivity contribution in [1.82, 2.24) is 15.0 Å². The molecule has 0 fully saturated rings. The summed E-state index contributed by atoms with van der Waals surface area (Å²) >= 11 is 0. The third-order valence-corrected chi connectivity index (χ3v) is 20.0. The fourth-order valence-electron chi connectivity index (χ4n) is 11.1. The average Bonchev–Trinajstić information content (AvgIpc) is 0.784. The van der Waals surface area contributed by atoms with Gasteiger partial charge in [-0.15, -0.1) is 0 Å². The quantitative estimate of drug-likeness (QED) is 0.149. The molecule has 3 aromatic heterocycles. The molecule has 7 heteroatoms. The van der Waals surface area contributed by atoms with Crippen LogP contribution in [0.25, 0.3) is 66.8 Å². The second kappa shape index (κ2) is 44.5. The summed E-state index contributed by atoms with van der Waals surface area (Å²) in [5.41, 5.74) is 27.7. The average molecular weight is 1490 g/mol. The van der Waals surface area contributed by atoms with Gasteiger partial charge >= 0.3 is 0 Å². The molecule has 0 aliphatic rings. The van der Waals surface area contributed by atoms with E-state index < -0.39 is 8.07 Å².